The van der Waals surface area contributed by atoms with Crippen LogP contribution in [0.25, 0.3) is 10.8 Å². The third-order valence-corrected chi connectivity index (χ3v) is 6.37. The lowest BCUT2D eigenvalue weighted by Gasteiger charge is -2.27. The third kappa shape index (κ3) is 4.23. The number of halogens is 7. The number of hydrogen-bond acceptors (Lipinski definition) is 3. The molecule has 0 radical (unpaired) electrons. The second-order valence-corrected chi connectivity index (χ2v) is 8.92. The van der Waals surface area contributed by atoms with E-state index >= 15 is 0 Å². The molecule has 0 fully saturated rings. The zero-order valence-corrected chi connectivity index (χ0v) is 19.4. The van der Waals surface area contributed by atoms with Crippen molar-refractivity contribution >= 4 is 39.9 Å². The molecule has 1 aliphatic rings. The molecular formula is C26H13ClF6N2O3. The van der Waals surface area contributed by atoms with Crippen LogP contribution in [0.2, 0.25) is 5.02 Å². The van der Waals surface area contributed by atoms with Crippen molar-refractivity contribution in [2.75, 3.05) is 5.32 Å². The zero-order chi connectivity index (χ0) is 27.6. The molecule has 0 aromatic heterocycles. The first kappa shape index (κ1) is 25.6. The smallest absolute Gasteiger partial charge is 0.363 e. The Kier molecular flexibility index (Phi) is 5.88. The maximum absolute atomic E-state index is 14.1. The summed E-state index contributed by atoms with van der Waals surface area (Å²) in [6.45, 7) is 0. The molecule has 194 valence electrons. The van der Waals surface area contributed by atoms with Crippen molar-refractivity contribution in [1.82, 2.24) is 5.32 Å². The molecule has 38 heavy (non-hydrogen) atoms. The molecule has 0 saturated heterocycles. The predicted molar refractivity (Wildman–Crippen MR) is 125 cm³/mol. The Bertz CT molecular complexity index is 1670. The van der Waals surface area contributed by atoms with Crippen LogP contribution in [0.4, 0.5) is 32.0 Å². The SMILES string of the molecule is O=C(Nc1cc2ccc(F)cc2c2c1C(O)(c1cc(F)ccc1Cl)NC2=O)c1cc(F)cc(C(F)(F)F)c1. The molecule has 4 aromatic carbocycles. The van der Waals surface area contributed by atoms with Gasteiger partial charge in [-0.15, -0.1) is 0 Å². The minimum Gasteiger partial charge on any atom is -0.363 e. The quantitative estimate of drug-likeness (QED) is 0.269. The number of fused-ring (bicyclic) bond motifs is 3. The number of carbonyl (C=O) groups excluding carboxylic acids is 2. The van der Waals surface area contributed by atoms with Crippen molar-refractivity contribution in [3.05, 3.63) is 111 Å². The van der Waals surface area contributed by atoms with E-state index in [4.69, 9.17) is 11.6 Å². The molecule has 5 rings (SSSR count). The highest BCUT2D eigenvalue weighted by Gasteiger charge is 2.47. The van der Waals surface area contributed by atoms with Gasteiger partial charge in [-0.25, -0.2) is 13.2 Å². The van der Waals surface area contributed by atoms with Gasteiger partial charge in [0.25, 0.3) is 11.8 Å². The van der Waals surface area contributed by atoms with E-state index < -0.39 is 52.3 Å². The summed E-state index contributed by atoms with van der Waals surface area (Å²) in [7, 11) is 0. The molecule has 3 N–H and O–H groups in total. The monoisotopic (exact) mass is 550 g/mol. The van der Waals surface area contributed by atoms with Crippen molar-refractivity contribution in [2.45, 2.75) is 11.9 Å². The molecule has 2 amide bonds. The second kappa shape index (κ2) is 8.74. The Morgan fingerprint density at radius 1 is 0.921 bits per heavy atom. The van der Waals surface area contributed by atoms with Crippen LogP contribution in [0.3, 0.4) is 0 Å². The fourth-order valence-corrected chi connectivity index (χ4v) is 4.68. The largest absolute Gasteiger partial charge is 0.416 e. The molecule has 0 saturated carbocycles. The lowest BCUT2D eigenvalue weighted by molar-refractivity contribution is -0.137. The summed E-state index contributed by atoms with van der Waals surface area (Å²) in [6, 6.07) is 8.71. The lowest BCUT2D eigenvalue weighted by atomic mass is 9.89. The van der Waals surface area contributed by atoms with Gasteiger partial charge in [-0.05, 0) is 65.4 Å². The average Bonchev–Trinajstić information content (AvgIpc) is 3.11. The minimum absolute atomic E-state index is 0.0177. The zero-order valence-electron chi connectivity index (χ0n) is 18.7. The van der Waals surface area contributed by atoms with Gasteiger partial charge in [-0.3, -0.25) is 9.59 Å². The number of rotatable bonds is 3. The normalized spacial score (nSPS) is 16.9. The summed E-state index contributed by atoms with van der Waals surface area (Å²) in [6.07, 6.45) is -4.95. The van der Waals surface area contributed by atoms with Gasteiger partial charge >= 0.3 is 6.18 Å². The molecule has 1 atom stereocenters. The molecule has 0 aliphatic carbocycles. The van der Waals surface area contributed by atoms with Crippen LogP contribution in [0.15, 0.2) is 60.7 Å². The topological polar surface area (TPSA) is 78.4 Å². The van der Waals surface area contributed by atoms with E-state index in [0.29, 0.717) is 12.1 Å². The van der Waals surface area contributed by atoms with Crippen LogP contribution in [-0.2, 0) is 11.9 Å². The summed E-state index contributed by atoms with van der Waals surface area (Å²) in [5.74, 6) is -5.05. The van der Waals surface area contributed by atoms with Gasteiger partial charge < -0.3 is 15.7 Å². The average molecular weight is 551 g/mol. The van der Waals surface area contributed by atoms with E-state index in [1.165, 1.54) is 12.1 Å². The van der Waals surface area contributed by atoms with Gasteiger partial charge in [-0.1, -0.05) is 17.7 Å². The third-order valence-electron chi connectivity index (χ3n) is 6.04. The van der Waals surface area contributed by atoms with E-state index in [0.717, 1.165) is 30.3 Å². The first-order valence-electron chi connectivity index (χ1n) is 10.7. The number of benzene rings is 4. The Morgan fingerprint density at radius 3 is 2.32 bits per heavy atom. The second-order valence-electron chi connectivity index (χ2n) is 8.51. The Labute approximate surface area is 214 Å². The van der Waals surface area contributed by atoms with E-state index in [1.54, 1.807) is 0 Å². The number of alkyl halides is 3. The molecule has 12 heteroatoms. The van der Waals surface area contributed by atoms with Gasteiger partial charge in [-0.2, -0.15) is 13.2 Å². The lowest BCUT2D eigenvalue weighted by Crippen LogP contribution is -2.41. The van der Waals surface area contributed by atoms with E-state index in [9.17, 15) is 41.0 Å². The Hall–Kier alpha value is -4.09. The molecule has 1 aliphatic heterocycles. The van der Waals surface area contributed by atoms with Crippen LogP contribution in [-0.4, -0.2) is 16.9 Å². The fourth-order valence-electron chi connectivity index (χ4n) is 4.42. The first-order chi connectivity index (χ1) is 17.8. The summed E-state index contributed by atoms with van der Waals surface area (Å²) in [5, 5.41) is 16.2. The maximum atomic E-state index is 14.1. The number of aliphatic hydroxyl groups is 1. The van der Waals surface area contributed by atoms with Crippen LogP contribution in [0.5, 0.6) is 0 Å². The summed E-state index contributed by atoms with van der Waals surface area (Å²) < 4.78 is 81.7. The van der Waals surface area contributed by atoms with Gasteiger partial charge in [0.15, 0.2) is 5.72 Å². The van der Waals surface area contributed by atoms with Crippen LogP contribution >= 0.6 is 11.6 Å². The molecule has 5 nitrogen and oxygen atoms in total. The summed E-state index contributed by atoms with van der Waals surface area (Å²) >= 11 is 6.18. The van der Waals surface area contributed by atoms with Gasteiger partial charge in [0, 0.05) is 21.7 Å². The van der Waals surface area contributed by atoms with Crippen LogP contribution in [0, 0.1) is 17.5 Å². The predicted octanol–water partition coefficient (Wildman–Crippen LogP) is 6.12. The molecule has 1 unspecified atom stereocenters. The highest BCUT2D eigenvalue weighted by Crippen LogP contribution is 2.45. The highest BCUT2D eigenvalue weighted by molar-refractivity contribution is 6.31. The molecule has 4 aromatic rings. The van der Waals surface area contributed by atoms with E-state index in [2.05, 4.69) is 10.6 Å². The molecule has 0 bridgehead atoms. The van der Waals surface area contributed by atoms with Crippen molar-refractivity contribution < 1.29 is 41.0 Å². The van der Waals surface area contributed by atoms with Gasteiger partial charge in [0.2, 0.25) is 0 Å². The molecule has 0 spiro atoms. The fraction of sp³-hybridized carbons (Fsp3) is 0.0769. The molecular weight excluding hydrogens is 538 g/mol. The maximum Gasteiger partial charge on any atom is 0.416 e. The van der Waals surface area contributed by atoms with Gasteiger partial charge in [0.1, 0.15) is 17.5 Å². The standard InChI is InChI=1S/C26H13ClF6N2O3/c27-19-4-3-15(29)10-18(19)25(38)22-20(7-11-1-2-14(28)9-17(11)21(22)24(37)35-25)34-23(36)12-5-13(26(31,32)33)8-16(30)6-12/h1-10,38H,(H,34,36)(H,35,37). The number of hydrogen-bond donors (Lipinski definition) is 3. The summed E-state index contributed by atoms with van der Waals surface area (Å²) in [5.41, 5.74) is -5.97. The minimum atomic E-state index is -4.95. The Morgan fingerprint density at radius 2 is 1.61 bits per heavy atom. The first-order valence-corrected chi connectivity index (χ1v) is 11.1. The highest BCUT2D eigenvalue weighted by atomic mass is 35.5. The van der Waals surface area contributed by atoms with Crippen LogP contribution < -0.4 is 10.6 Å². The van der Waals surface area contributed by atoms with E-state index in [1.807, 2.05) is 0 Å². The van der Waals surface area contributed by atoms with Gasteiger partial charge in [0.05, 0.1) is 16.8 Å². The molecule has 1 heterocycles. The van der Waals surface area contributed by atoms with Crippen molar-refractivity contribution in [3.8, 4) is 0 Å². The Balaban J connectivity index is 1.74. The summed E-state index contributed by atoms with van der Waals surface area (Å²) in [4.78, 5) is 26.1. The van der Waals surface area contributed by atoms with Crippen molar-refractivity contribution in [1.29, 1.82) is 0 Å². The van der Waals surface area contributed by atoms with Crippen molar-refractivity contribution in [3.63, 3.8) is 0 Å². The van der Waals surface area contributed by atoms with Crippen molar-refractivity contribution in [2.24, 2.45) is 0 Å². The number of nitrogens with one attached hydrogen (secondary N) is 2. The number of amides is 2. The number of carbonyl (C=O) groups is 2. The van der Waals surface area contributed by atoms with E-state index in [-0.39, 0.29) is 44.2 Å². The van der Waals surface area contributed by atoms with Crippen LogP contribution in [0.1, 0.15) is 37.4 Å². The number of anilines is 1.